The Hall–Kier alpha value is -1.66. The fourth-order valence-corrected chi connectivity index (χ4v) is 1.02. The summed E-state index contributed by atoms with van der Waals surface area (Å²) in [7, 11) is 3.00. The first-order valence-corrected chi connectivity index (χ1v) is 4.69. The average molecular weight is 226 g/mol. The van der Waals surface area contributed by atoms with Crippen LogP contribution in [-0.4, -0.2) is 38.3 Å². The van der Waals surface area contributed by atoms with Gasteiger partial charge in [-0.1, -0.05) is 0 Å². The van der Waals surface area contributed by atoms with Gasteiger partial charge in [-0.25, -0.2) is 10.5 Å². The summed E-state index contributed by atoms with van der Waals surface area (Å²) in [5, 5.41) is 0. The van der Waals surface area contributed by atoms with E-state index in [9.17, 15) is 4.79 Å². The Kier molecular flexibility index (Phi) is 5.24. The minimum absolute atomic E-state index is 0.260. The van der Waals surface area contributed by atoms with Crippen molar-refractivity contribution in [1.82, 2.24) is 10.5 Å². The van der Waals surface area contributed by atoms with Gasteiger partial charge in [-0.05, 0) is 12.1 Å². The van der Waals surface area contributed by atoms with Crippen LogP contribution in [0.1, 0.15) is 10.4 Å². The molecule has 1 aromatic heterocycles. The van der Waals surface area contributed by atoms with Gasteiger partial charge in [0.1, 0.15) is 5.56 Å². The number of rotatable bonds is 6. The van der Waals surface area contributed by atoms with Crippen molar-refractivity contribution in [2.24, 2.45) is 0 Å². The predicted molar refractivity (Wildman–Crippen MR) is 56.1 cm³/mol. The lowest BCUT2D eigenvalue weighted by molar-refractivity contribution is 0.00870. The number of hydroxylamine groups is 1. The number of pyridine rings is 1. The summed E-state index contributed by atoms with van der Waals surface area (Å²) in [5.41, 5.74) is 2.59. The van der Waals surface area contributed by atoms with Gasteiger partial charge in [0.2, 0.25) is 5.88 Å². The van der Waals surface area contributed by atoms with Crippen molar-refractivity contribution in [2.75, 3.05) is 27.4 Å². The Balaban J connectivity index is 2.52. The van der Waals surface area contributed by atoms with E-state index in [1.54, 1.807) is 25.4 Å². The van der Waals surface area contributed by atoms with Gasteiger partial charge in [-0.2, -0.15) is 0 Å². The first-order chi connectivity index (χ1) is 7.79. The number of carbonyl (C=O) groups excluding carboxylic acids is 1. The molecule has 0 fully saturated rings. The van der Waals surface area contributed by atoms with Crippen molar-refractivity contribution in [3.8, 4) is 5.88 Å². The number of carbonyl (C=O) groups is 1. The molecule has 0 aromatic carbocycles. The molecule has 88 valence electrons. The van der Waals surface area contributed by atoms with Crippen molar-refractivity contribution in [1.29, 1.82) is 0 Å². The Morgan fingerprint density at radius 1 is 1.44 bits per heavy atom. The van der Waals surface area contributed by atoms with Gasteiger partial charge >= 0.3 is 0 Å². The van der Waals surface area contributed by atoms with Gasteiger partial charge in [0.05, 0.1) is 20.3 Å². The van der Waals surface area contributed by atoms with Crippen molar-refractivity contribution in [3.05, 3.63) is 23.9 Å². The molecule has 0 atom stereocenters. The number of aromatic nitrogens is 1. The first-order valence-electron chi connectivity index (χ1n) is 4.69. The average Bonchev–Trinajstić information content (AvgIpc) is 2.34. The molecule has 0 aliphatic carbocycles. The van der Waals surface area contributed by atoms with E-state index in [1.165, 1.54) is 7.11 Å². The zero-order valence-electron chi connectivity index (χ0n) is 9.23. The van der Waals surface area contributed by atoms with Crippen molar-refractivity contribution < 1.29 is 19.1 Å². The van der Waals surface area contributed by atoms with E-state index < -0.39 is 5.91 Å². The maximum Gasteiger partial charge on any atom is 0.280 e. The highest BCUT2D eigenvalue weighted by molar-refractivity contribution is 5.95. The van der Waals surface area contributed by atoms with Crippen molar-refractivity contribution in [3.63, 3.8) is 0 Å². The third kappa shape index (κ3) is 3.48. The second-order valence-electron chi connectivity index (χ2n) is 2.83. The third-order valence-electron chi connectivity index (χ3n) is 1.76. The fourth-order valence-electron chi connectivity index (χ4n) is 1.02. The molecule has 0 radical (unpaired) electrons. The highest BCUT2D eigenvalue weighted by Gasteiger charge is 2.12. The maximum atomic E-state index is 11.6. The Labute approximate surface area is 93.5 Å². The van der Waals surface area contributed by atoms with E-state index in [1.807, 2.05) is 0 Å². The molecular formula is C10H14N2O4. The van der Waals surface area contributed by atoms with Gasteiger partial charge < -0.3 is 9.47 Å². The predicted octanol–water partition coefficient (Wildman–Crippen LogP) is 0.398. The number of hydrogen-bond acceptors (Lipinski definition) is 5. The molecule has 1 heterocycles. The fraction of sp³-hybridized carbons (Fsp3) is 0.400. The van der Waals surface area contributed by atoms with Crippen LogP contribution >= 0.6 is 0 Å². The molecule has 1 amide bonds. The normalized spacial score (nSPS) is 9.88. The van der Waals surface area contributed by atoms with Crippen LogP contribution in [0, 0.1) is 0 Å². The van der Waals surface area contributed by atoms with Crippen LogP contribution in [0.15, 0.2) is 18.3 Å². The molecule has 16 heavy (non-hydrogen) atoms. The number of nitrogens with one attached hydrogen (secondary N) is 1. The van der Waals surface area contributed by atoms with Crippen LogP contribution in [0.3, 0.4) is 0 Å². The largest absolute Gasteiger partial charge is 0.480 e. The SMILES string of the molecule is COCCONC(=O)c1cccnc1OC. The second-order valence-corrected chi connectivity index (χ2v) is 2.83. The molecule has 1 rings (SSSR count). The summed E-state index contributed by atoms with van der Waals surface area (Å²) in [6, 6.07) is 3.24. The molecular weight excluding hydrogens is 212 g/mol. The number of amides is 1. The van der Waals surface area contributed by atoms with Gasteiger partial charge in [-0.3, -0.25) is 9.63 Å². The summed E-state index contributed by atoms with van der Waals surface area (Å²) >= 11 is 0. The summed E-state index contributed by atoms with van der Waals surface area (Å²) < 4.78 is 9.70. The number of nitrogens with zero attached hydrogens (tertiary/aromatic N) is 1. The molecule has 0 aliphatic rings. The van der Waals surface area contributed by atoms with Crippen LogP contribution in [0.2, 0.25) is 0 Å². The molecule has 6 heteroatoms. The van der Waals surface area contributed by atoms with Crippen molar-refractivity contribution >= 4 is 5.91 Å². The van der Waals surface area contributed by atoms with Crippen LogP contribution in [-0.2, 0) is 9.57 Å². The van der Waals surface area contributed by atoms with E-state index in [0.29, 0.717) is 12.2 Å². The Morgan fingerprint density at radius 2 is 2.25 bits per heavy atom. The highest BCUT2D eigenvalue weighted by atomic mass is 16.7. The molecule has 1 N–H and O–H groups in total. The van der Waals surface area contributed by atoms with Gasteiger partial charge in [-0.15, -0.1) is 0 Å². The van der Waals surface area contributed by atoms with Crippen LogP contribution < -0.4 is 10.2 Å². The van der Waals surface area contributed by atoms with Crippen LogP contribution in [0.4, 0.5) is 0 Å². The zero-order valence-corrected chi connectivity index (χ0v) is 9.23. The van der Waals surface area contributed by atoms with E-state index in [4.69, 9.17) is 14.3 Å². The monoisotopic (exact) mass is 226 g/mol. The highest BCUT2D eigenvalue weighted by Crippen LogP contribution is 2.12. The number of methoxy groups -OCH3 is 2. The van der Waals surface area contributed by atoms with E-state index in [2.05, 4.69) is 10.5 Å². The minimum Gasteiger partial charge on any atom is -0.480 e. The molecule has 0 unspecified atom stereocenters. The molecule has 0 bridgehead atoms. The summed E-state index contributed by atoms with van der Waals surface area (Å²) in [5.74, 6) is -0.142. The second kappa shape index (κ2) is 6.76. The van der Waals surface area contributed by atoms with Gasteiger partial charge in [0, 0.05) is 13.3 Å². The molecule has 6 nitrogen and oxygen atoms in total. The van der Waals surface area contributed by atoms with Gasteiger partial charge in [0.25, 0.3) is 5.91 Å². The Morgan fingerprint density at radius 3 is 2.94 bits per heavy atom. The topological polar surface area (TPSA) is 69.7 Å². The summed E-state index contributed by atoms with van der Waals surface area (Å²) in [4.78, 5) is 20.4. The van der Waals surface area contributed by atoms with E-state index in [0.717, 1.165) is 0 Å². The van der Waals surface area contributed by atoms with Crippen LogP contribution in [0.5, 0.6) is 5.88 Å². The molecule has 0 saturated carbocycles. The van der Waals surface area contributed by atoms with E-state index >= 15 is 0 Å². The van der Waals surface area contributed by atoms with E-state index in [-0.39, 0.29) is 12.5 Å². The standard InChI is InChI=1S/C10H14N2O4/c1-14-6-7-16-12-9(13)8-4-3-5-11-10(8)15-2/h3-5H,6-7H2,1-2H3,(H,12,13). The molecule has 0 saturated heterocycles. The maximum absolute atomic E-state index is 11.6. The van der Waals surface area contributed by atoms with Crippen molar-refractivity contribution in [2.45, 2.75) is 0 Å². The molecule has 1 aromatic rings. The molecule has 0 aliphatic heterocycles. The van der Waals surface area contributed by atoms with Crippen LogP contribution in [0.25, 0.3) is 0 Å². The lowest BCUT2D eigenvalue weighted by atomic mass is 10.2. The summed E-state index contributed by atoms with van der Waals surface area (Å²) in [6.45, 7) is 0.690. The number of hydrogen-bond donors (Lipinski definition) is 1. The zero-order chi connectivity index (χ0) is 11.8. The lowest BCUT2D eigenvalue weighted by Crippen LogP contribution is -2.26. The smallest absolute Gasteiger partial charge is 0.280 e. The molecule has 0 spiro atoms. The number of ether oxygens (including phenoxy) is 2. The van der Waals surface area contributed by atoms with Gasteiger partial charge in [0.15, 0.2) is 0 Å². The lowest BCUT2D eigenvalue weighted by Gasteiger charge is -2.07. The first kappa shape index (κ1) is 12.4. The third-order valence-corrected chi connectivity index (χ3v) is 1.76. The minimum atomic E-state index is -0.402. The summed E-state index contributed by atoms with van der Waals surface area (Å²) in [6.07, 6.45) is 1.54. The Bertz CT molecular complexity index is 343. The quantitative estimate of drug-likeness (QED) is 0.561.